The van der Waals surface area contributed by atoms with Crippen molar-refractivity contribution >= 4 is 10.8 Å². The van der Waals surface area contributed by atoms with Crippen LogP contribution in [0.25, 0.3) is 10.8 Å². The molecule has 0 bridgehead atoms. The van der Waals surface area contributed by atoms with Gasteiger partial charge in [-0.3, -0.25) is 0 Å². The molecule has 2 aromatic carbocycles. The van der Waals surface area contributed by atoms with E-state index in [0.29, 0.717) is 6.04 Å². The van der Waals surface area contributed by atoms with Gasteiger partial charge in [0.2, 0.25) is 0 Å². The summed E-state index contributed by atoms with van der Waals surface area (Å²) in [5, 5.41) is 6.03. The normalized spacial score (nSPS) is 16.5. The van der Waals surface area contributed by atoms with Crippen LogP contribution < -0.4 is 10.1 Å². The maximum atomic E-state index is 5.97. The maximum absolute atomic E-state index is 5.97. The molecule has 0 radical (unpaired) electrons. The first-order valence-corrected chi connectivity index (χ1v) is 7.22. The Balaban J connectivity index is 1.67. The third-order valence-electron chi connectivity index (χ3n) is 3.81. The molecule has 0 spiro atoms. The molecule has 1 atom stereocenters. The van der Waals surface area contributed by atoms with Crippen LogP contribution in [0.15, 0.2) is 42.5 Å². The summed E-state index contributed by atoms with van der Waals surface area (Å²) in [4.78, 5) is 0. The number of ether oxygens (including phenoxy) is 1. The molecule has 100 valence electrons. The van der Waals surface area contributed by atoms with Gasteiger partial charge in [0.05, 0.1) is 0 Å². The number of hydrogen-bond acceptors (Lipinski definition) is 2. The average Bonchev–Trinajstić information content (AvgIpc) is 3.28. The Morgan fingerprint density at radius 2 is 1.95 bits per heavy atom. The summed E-state index contributed by atoms with van der Waals surface area (Å²) in [6.07, 6.45) is 2.69. The van der Waals surface area contributed by atoms with E-state index in [1.54, 1.807) is 0 Å². The molecule has 0 amide bonds. The van der Waals surface area contributed by atoms with Gasteiger partial charge in [0, 0.05) is 6.04 Å². The summed E-state index contributed by atoms with van der Waals surface area (Å²) in [5.74, 6) is 1.79. The van der Waals surface area contributed by atoms with Crippen LogP contribution in [-0.4, -0.2) is 19.2 Å². The lowest BCUT2D eigenvalue weighted by molar-refractivity contribution is 0.251. The Labute approximate surface area is 114 Å². The van der Waals surface area contributed by atoms with Crippen LogP contribution in [0.1, 0.15) is 19.8 Å². The van der Waals surface area contributed by atoms with Crippen molar-refractivity contribution in [2.24, 2.45) is 5.92 Å². The Morgan fingerprint density at radius 3 is 2.68 bits per heavy atom. The molecule has 0 heterocycles. The Bertz CT molecular complexity index is 548. The molecule has 2 aromatic rings. The fourth-order valence-electron chi connectivity index (χ4n) is 2.57. The van der Waals surface area contributed by atoms with Crippen molar-refractivity contribution in [1.29, 1.82) is 0 Å². The minimum absolute atomic E-state index is 0.511. The first kappa shape index (κ1) is 12.5. The summed E-state index contributed by atoms with van der Waals surface area (Å²) in [7, 11) is 0. The third kappa shape index (κ3) is 3.07. The average molecular weight is 255 g/mol. The second kappa shape index (κ2) is 5.62. The van der Waals surface area contributed by atoms with Gasteiger partial charge in [-0.05, 0) is 48.2 Å². The zero-order chi connectivity index (χ0) is 13.1. The van der Waals surface area contributed by atoms with E-state index < -0.39 is 0 Å². The van der Waals surface area contributed by atoms with Crippen molar-refractivity contribution in [3.63, 3.8) is 0 Å². The van der Waals surface area contributed by atoms with E-state index in [0.717, 1.165) is 24.8 Å². The van der Waals surface area contributed by atoms with E-state index in [9.17, 15) is 0 Å². The molecule has 2 heteroatoms. The molecule has 0 aromatic heterocycles. The van der Waals surface area contributed by atoms with Crippen LogP contribution in [0.2, 0.25) is 0 Å². The first-order valence-electron chi connectivity index (χ1n) is 7.22. The first-order chi connectivity index (χ1) is 9.36. The van der Waals surface area contributed by atoms with Crippen LogP contribution in [0, 0.1) is 5.92 Å². The van der Waals surface area contributed by atoms with E-state index in [1.807, 2.05) is 0 Å². The van der Waals surface area contributed by atoms with Gasteiger partial charge in [-0.1, -0.05) is 37.3 Å². The van der Waals surface area contributed by atoms with Crippen LogP contribution in [0.5, 0.6) is 5.75 Å². The largest absolute Gasteiger partial charge is 0.492 e. The van der Waals surface area contributed by atoms with E-state index in [2.05, 4.69) is 54.7 Å². The highest BCUT2D eigenvalue weighted by Gasteiger charge is 2.30. The lowest BCUT2D eigenvalue weighted by atomic mass is 10.1. The molecule has 1 N–H and O–H groups in total. The lowest BCUT2D eigenvalue weighted by Crippen LogP contribution is -2.36. The molecule has 0 saturated heterocycles. The summed E-state index contributed by atoms with van der Waals surface area (Å²) in [5.41, 5.74) is 0. The summed E-state index contributed by atoms with van der Waals surface area (Å²) in [6.45, 7) is 3.95. The van der Waals surface area contributed by atoms with Crippen LogP contribution in [0.4, 0.5) is 0 Å². The zero-order valence-corrected chi connectivity index (χ0v) is 11.4. The number of nitrogens with one attached hydrogen (secondary N) is 1. The van der Waals surface area contributed by atoms with Gasteiger partial charge in [0.15, 0.2) is 0 Å². The number of rotatable bonds is 6. The van der Waals surface area contributed by atoms with Crippen molar-refractivity contribution in [2.45, 2.75) is 25.8 Å². The minimum Gasteiger partial charge on any atom is -0.492 e. The zero-order valence-electron chi connectivity index (χ0n) is 11.4. The monoisotopic (exact) mass is 255 g/mol. The van der Waals surface area contributed by atoms with Crippen LogP contribution in [0.3, 0.4) is 0 Å². The predicted molar refractivity (Wildman–Crippen MR) is 79.6 cm³/mol. The van der Waals surface area contributed by atoms with Crippen molar-refractivity contribution in [1.82, 2.24) is 5.32 Å². The van der Waals surface area contributed by atoms with Gasteiger partial charge >= 0.3 is 0 Å². The fraction of sp³-hybridized carbons (Fsp3) is 0.412. The molecule has 1 unspecified atom stereocenters. The molecule has 2 nitrogen and oxygen atoms in total. The van der Waals surface area contributed by atoms with E-state index in [1.165, 1.54) is 23.6 Å². The molecular formula is C17H21NO. The summed E-state index contributed by atoms with van der Waals surface area (Å²) < 4.78 is 5.97. The van der Waals surface area contributed by atoms with Crippen molar-refractivity contribution in [3.8, 4) is 5.75 Å². The Morgan fingerprint density at radius 1 is 1.16 bits per heavy atom. The Hall–Kier alpha value is -1.54. The lowest BCUT2D eigenvalue weighted by Gasteiger charge is -2.18. The maximum Gasteiger partial charge on any atom is 0.120 e. The number of fused-ring (bicyclic) bond motifs is 1. The molecule has 1 aliphatic carbocycles. The highest BCUT2D eigenvalue weighted by molar-refractivity contribution is 5.83. The van der Waals surface area contributed by atoms with Gasteiger partial charge < -0.3 is 10.1 Å². The smallest absolute Gasteiger partial charge is 0.120 e. The molecular weight excluding hydrogens is 234 g/mol. The highest BCUT2D eigenvalue weighted by Crippen LogP contribution is 2.33. The van der Waals surface area contributed by atoms with Crippen LogP contribution >= 0.6 is 0 Å². The van der Waals surface area contributed by atoms with Crippen molar-refractivity contribution in [3.05, 3.63) is 42.5 Å². The van der Waals surface area contributed by atoms with Gasteiger partial charge in [0.25, 0.3) is 0 Å². The number of likely N-dealkylation sites (N-methyl/N-ethyl adjacent to an activating group) is 1. The standard InChI is InChI=1S/C17H21NO/c1-2-18-17(14-7-8-14)12-19-16-10-9-13-5-3-4-6-15(13)11-16/h3-6,9-11,14,17-18H,2,7-8,12H2,1H3. The highest BCUT2D eigenvalue weighted by atomic mass is 16.5. The van der Waals surface area contributed by atoms with Crippen LogP contribution in [-0.2, 0) is 0 Å². The topological polar surface area (TPSA) is 21.3 Å². The minimum atomic E-state index is 0.511. The summed E-state index contributed by atoms with van der Waals surface area (Å²) >= 11 is 0. The molecule has 1 saturated carbocycles. The quantitative estimate of drug-likeness (QED) is 0.851. The molecule has 1 aliphatic rings. The number of hydrogen-bond donors (Lipinski definition) is 1. The second-order valence-electron chi connectivity index (χ2n) is 5.32. The van der Waals surface area contributed by atoms with Crippen molar-refractivity contribution in [2.75, 3.05) is 13.2 Å². The SMILES string of the molecule is CCNC(COc1ccc2ccccc2c1)C1CC1. The van der Waals surface area contributed by atoms with Gasteiger partial charge in [-0.25, -0.2) is 0 Å². The second-order valence-corrected chi connectivity index (χ2v) is 5.32. The predicted octanol–water partition coefficient (Wildman–Crippen LogP) is 3.61. The fourth-order valence-corrected chi connectivity index (χ4v) is 2.57. The van der Waals surface area contributed by atoms with Crippen molar-refractivity contribution < 1.29 is 4.74 Å². The van der Waals surface area contributed by atoms with Gasteiger partial charge in [0.1, 0.15) is 12.4 Å². The molecule has 3 rings (SSSR count). The van der Waals surface area contributed by atoms with E-state index in [4.69, 9.17) is 4.74 Å². The molecule has 1 fully saturated rings. The number of benzene rings is 2. The third-order valence-corrected chi connectivity index (χ3v) is 3.81. The van der Waals surface area contributed by atoms with Gasteiger partial charge in [-0.15, -0.1) is 0 Å². The van der Waals surface area contributed by atoms with E-state index in [-0.39, 0.29) is 0 Å². The molecule has 19 heavy (non-hydrogen) atoms. The van der Waals surface area contributed by atoms with Gasteiger partial charge in [-0.2, -0.15) is 0 Å². The van der Waals surface area contributed by atoms with E-state index >= 15 is 0 Å². The summed E-state index contributed by atoms with van der Waals surface area (Å²) in [6, 6.07) is 15.2. The Kier molecular flexibility index (Phi) is 3.69. The molecule has 0 aliphatic heterocycles.